The first-order valence-corrected chi connectivity index (χ1v) is 4.59. The second-order valence-electron chi connectivity index (χ2n) is 3.33. The number of rotatable bonds is 2. The maximum absolute atomic E-state index is 11.1. The first kappa shape index (κ1) is 9.45. The van der Waals surface area contributed by atoms with Gasteiger partial charge in [-0.25, -0.2) is 4.68 Å². The zero-order chi connectivity index (χ0) is 10.8. The van der Waals surface area contributed by atoms with Gasteiger partial charge >= 0.3 is 0 Å². The van der Waals surface area contributed by atoms with Crippen LogP contribution in [0.25, 0.3) is 5.69 Å². The van der Waals surface area contributed by atoms with Gasteiger partial charge < -0.3 is 5.73 Å². The van der Waals surface area contributed by atoms with Crippen LogP contribution in [0.15, 0.2) is 36.5 Å². The highest BCUT2D eigenvalue weighted by atomic mass is 16.1. The number of aryl methyl sites for hydroxylation is 1. The Labute approximate surface area is 87.3 Å². The Morgan fingerprint density at radius 2 is 2.20 bits per heavy atom. The molecule has 0 fully saturated rings. The van der Waals surface area contributed by atoms with Crippen molar-refractivity contribution in [2.24, 2.45) is 5.73 Å². The van der Waals surface area contributed by atoms with Crippen molar-refractivity contribution in [3.8, 4) is 5.69 Å². The first-order chi connectivity index (χ1) is 7.18. The molecular weight excluding hydrogens is 190 g/mol. The summed E-state index contributed by atoms with van der Waals surface area (Å²) in [6, 6.07) is 9.32. The smallest absolute Gasteiger partial charge is 0.267 e. The fourth-order valence-corrected chi connectivity index (χ4v) is 1.46. The third kappa shape index (κ3) is 1.74. The lowest BCUT2D eigenvalue weighted by Crippen LogP contribution is -2.16. The lowest BCUT2D eigenvalue weighted by atomic mass is 10.2. The summed E-state index contributed by atoms with van der Waals surface area (Å²) in [4.78, 5) is 11.1. The number of amides is 1. The lowest BCUT2D eigenvalue weighted by molar-refractivity contribution is 0.0993. The molecule has 1 amide bonds. The standard InChI is InChI=1S/C11H11N3O/c1-8-3-2-4-9(7-8)14-10(11(12)15)5-6-13-14/h2-7H,1H3,(H2,12,15). The molecule has 0 unspecified atom stereocenters. The zero-order valence-electron chi connectivity index (χ0n) is 8.34. The summed E-state index contributed by atoms with van der Waals surface area (Å²) < 4.78 is 1.54. The van der Waals surface area contributed by atoms with Crippen LogP contribution in [0.1, 0.15) is 16.1 Å². The van der Waals surface area contributed by atoms with E-state index in [9.17, 15) is 4.79 Å². The third-order valence-corrected chi connectivity index (χ3v) is 2.14. The Hall–Kier alpha value is -2.10. The van der Waals surface area contributed by atoms with E-state index in [-0.39, 0.29) is 0 Å². The summed E-state index contributed by atoms with van der Waals surface area (Å²) in [7, 11) is 0. The van der Waals surface area contributed by atoms with Gasteiger partial charge in [0.1, 0.15) is 5.69 Å². The van der Waals surface area contributed by atoms with Gasteiger partial charge in [0, 0.05) is 0 Å². The molecule has 2 rings (SSSR count). The number of aromatic nitrogens is 2. The lowest BCUT2D eigenvalue weighted by Gasteiger charge is -2.05. The largest absolute Gasteiger partial charge is 0.364 e. The molecule has 0 spiro atoms. The SMILES string of the molecule is Cc1cccc(-n2nccc2C(N)=O)c1. The average molecular weight is 201 g/mol. The van der Waals surface area contributed by atoms with Crippen LogP contribution < -0.4 is 5.73 Å². The van der Waals surface area contributed by atoms with E-state index in [1.807, 2.05) is 31.2 Å². The third-order valence-electron chi connectivity index (χ3n) is 2.14. The molecule has 4 heteroatoms. The van der Waals surface area contributed by atoms with Gasteiger partial charge in [0.2, 0.25) is 0 Å². The van der Waals surface area contributed by atoms with E-state index < -0.39 is 5.91 Å². The topological polar surface area (TPSA) is 60.9 Å². The fourth-order valence-electron chi connectivity index (χ4n) is 1.46. The molecule has 76 valence electrons. The van der Waals surface area contributed by atoms with Gasteiger partial charge in [0.25, 0.3) is 5.91 Å². The zero-order valence-corrected chi connectivity index (χ0v) is 8.34. The van der Waals surface area contributed by atoms with Crippen LogP contribution in [0.3, 0.4) is 0 Å². The number of carbonyl (C=O) groups excluding carboxylic acids is 1. The van der Waals surface area contributed by atoms with E-state index in [4.69, 9.17) is 5.73 Å². The molecule has 4 nitrogen and oxygen atoms in total. The molecule has 2 N–H and O–H groups in total. The van der Waals surface area contributed by atoms with E-state index in [1.165, 1.54) is 4.68 Å². The highest BCUT2D eigenvalue weighted by Crippen LogP contribution is 2.11. The van der Waals surface area contributed by atoms with Gasteiger partial charge in [-0.3, -0.25) is 4.79 Å². The van der Waals surface area contributed by atoms with E-state index in [0.717, 1.165) is 11.3 Å². The van der Waals surface area contributed by atoms with Crippen molar-refractivity contribution in [3.05, 3.63) is 47.8 Å². The molecule has 0 atom stereocenters. The van der Waals surface area contributed by atoms with Crippen LogP contribution in [-0.2, 0) is 0 Å². The van der Waals surface area contributed by atoms with E-state index in [2.05, 4.69) is 5.10 Å². The van der Waals surface area contributed by atoms with Crippen LogP contribution >= 0.6 is 0 Å². The van der Waals surface area contributed by atoms with Crippen LogP contribution in [-0.4, -0.2) is 15.7 Å². The van der Waals surface area contributed by atoms with Crippen molar-refractivity contribution in [1.29, 1.82) is 0 Å². The minimum absolute atomic E-state index is 0.389. The molecule has 0 radical (unpaired) electrons. The summed E-state index contributed by atoms with van der Waals surface area (Å²) in [6.07, 6.45) is 1.56. The van der Waals surface area contributed by atoms with Gasteiger partial charge in [-0.05, 0) is 30.7 Å². The van der Waals surface area contributed by atoms with Gasteiger partial charge in [-0.1, -0.05) is 12.1 Å². The summed E-state index contributed by atoms with van der Waals surface area (Å²) >= 11 is 0. The monoisotopic (exact) mass is 201 g/mol. The molecule has 1 heterocycles. The maximum atomic E-state index is 11.1. The molecule has 2 aromatic rings. The molecule has 1 aromatic heterocycles. The highest BCUT2D eigenvalue weighted by molar-refractivity contribution is 5.91. The molecule has 0 aliphatic rings. The first-order valence-electron chi connectivity index (χ1n) is 4.59. The predicted molar refractivity (Wildman–Crippen MR) is 56.8 cm³/mol. The number of nitrogens with zero attached hydrogens (tertiary/aromatic N) is 2. The maximum Gasteiger partial charge on any atom is 0.267 e. The molecule has 0 aliphatic heterocycles. The summed E-state index contributed by atoms with van der Waals surface area (Å²) in [6.45, 7) is 1.98. The van der Waals surface area contributed by atoms with Crippen LogP contribution in [0.4, 0.5) is 0 Å². The van der Waals surface area contributed by atoms with Gasteiger partial charge in [0.05, 0.1) is 11.9 Å². The molecule has 0 bridgehead atoms. The highest BCUT2D eigenvalue weighted by Gasteiger charge is 2.09. The Morgan fingerprint density at radius 1 is 1.40 bits per heavy atom. The molecule has 0 aliphatic carbocycles. The normalized spacial score (nSPS) is 10.2. The van der Waals surface area contributed by atoms with Crippen molar-refractivity contribution < 1.29 is 4.79 Å². The van der Waals surface area contributed by atoms with Crippen molar-refractivity contribution >= 4 is 5.91 Å². The van der Waals surface area contributed by atoms with Crippen LogP contribution in [0.2, 0.25) is 0 Å². The minimum Gasteiger partial charge on any atom is -0.364 e. The average Bonchev–Trinajstić information content (AvgIpc) is 2.65. The Morgan fingerprint density at radius 3 is 2.87 bits per heavy atom. The van der Waals surface area contributed by atoms with Crippen molar-refractivity contribution in [2.75, 3.05) is 0 Å². The van der Waals surface area contributed by atoms with Gasteiger partial charge in [-0.2, -0.15) is 5.10 Å². The minimum atomic E-state index is -0.478. The van der Waals surface area contributed by atoms with E-state index >= 15 is 0 Å². The Kier molecular flexibility index (Phi) is 2.25. The summed E-state index contributed by atoms with van der Waals surface area (Å²) in [5.41, 5.74) is 7.58. The predicted octanol–water partition coefficient (Wildman–Crippen LogP) is 1.28. The summed E-state index contributed by atoms with van der Waals surface area (Å²) in [5, 5.41) is 4.06. The number of benzene rings is 1. The van der Waals surface area contributed by atoms with Crippen molar-refractivity contribution in [1.82, 2.24) is 9.78 Å². The summed E-state index contributed by atoms with van der Waals surface area (Å²) in [5.74, 6) is -0.478. The Balaban J connectivity index is 2.54. The van der Waals surface area contributed by atoms with Crippen molar-refractivity contribution in [3.63, 3.8) is 0 Å². The number of hydrogen-bond donors (Lipinski definition) is 1. The van der Waals surface area contributed by atoms with Crippen LogP contribution in [0, 0.1) is 6.92 Å². The second-order valence-corrected chi connectivity index (χ2v) is 3.33. The van der Waals surface area contributed by atoms with E-state index in [0.29, 0.717) is 5.69 Å². The fraction of sp³-hybridized carbons (Fsp3) is 0.0909. The number of nitrogens with two attached hydrogens (primary N) is 1. The molecular formula is C11H11N3O. The Bertz CT molecular complexity index is 502. The number of hydrogen-bond acceptors (Lipinski definition) is 2. The van der Waals surface area contributed by atoms with Gasteiger partial charge in [0.15, 0.2) is 0 Å². The molecule has 0 saturated carbocycles. The van der Waals surface area contributed by atoms with Crippen LogP contribution in [0.5, 0.6) is 0 Å². The van der Waals surface area contributed by atoms with Gasteiger partial charge in [-0.15, -0.1) is 0 Å². The van der Waals surface area contributed by atoms with E-state index in [1.54, 1.807) is 12.3 Å². The molecule has 1 aromatic carbocycles. The quantitative estimate of drug-likeness (QED) is 0.795. The number of primary amides is 1. The van der Waals surface area contributed by atoms with Crippen molar-refractivity contribution in [2.45, 2.75) is 6.92 Å². The molecule has 15 heavy (non-hydrogen) atoms. The number of carbonyl (C=O) groups is 1. The second kappa shape index (κ2) is 3.57. The molecule has 0 saturated heterocycles.